The minimum absolute atomic E-state index is 0.0281. The van der Waals surface area contributed by atoms with Gasteiger partial charge in [0, 0.05) is 22.6 Å². The fraction of sp³-hybridized carbons (Fsp3) is 0.278. The molecule has 0 fully saturated rings. The smallest absolute Gasteiger partial charge is 0.233 e. The van der Waals surface area contributed by atoms with E-state index in [0.29, 0.717) is 16.6 Å². The number of nitrogens with one attached hydrogen (secondary N) is 2. The van der Waals surface area contributed by atoms with Crippen LogP contribution in [0.15, 0.2) is 48.5 Å². The Labute approximate surface area is 147 Å². The van der Waals surface area contributed by atoms with Gasteiger partial charge in [0.15, 0.2) is 0 Å². The molecule has 0 saturated carbocycles. The molecule has 2 aromatic rings. The molecule has 0 saturated heterocycles. The monoisotopic (exact) mass is 350 g/mol. The second-order valence-corrected chi connectivity index (χ2v) is 6.20. The molecule has 0 unspecified atom stereocenters. The Balaban J connectivity index is 1.73. The molecule has 1 amide bonds. The van der Waals surface area contributed by atoms with Gasteiger partial charge in [-0.15, -0.1) is 0 Å². The summed E-state index contributed by atoms with van der Waals surface area (Å²) in [4.78, 5) is 11.9. The summed E-state index contributed by atoms with van der Waals surface area (Å²) in [5, 5.41) is 7.27. The summed E-state index contributed by atoms with van der Waals surface area (Å²) < 4.78 is 0. The molecule has 0 aromatic heterocycles. The van der Waals surface area contributed by atoms with Crippen molar-refractivity contribution in [3.63, 3.8) is 0 Å². The number of amides is 1. The normalized spacial score (nSPS) is 12.0. The Hall–Kier alpha value is -1.55. The van der Waals surface area contributed by atoms with Crippen LogP contribution in [-0.2, 0) is 11.2 Å². The van der Waals surface area contributed by atoms with Crippen LogP contribution < -0.4 is 10.6 Å². The highest BCUT2D eigenvalue weighted by atomic mass is 35.5. The molecule has 2 aromatic carbocycles. The minimum Gasteiger partial charge on any atom is -0.355 e. The van der Waals surface area contributed by atoms with Gasteiger partial charge >= 0.3 is 0 Å². The molecule has 2 N–H and O–H groups in total. The fourth-order valence-electron chi connectivity index (χ4n) is 2.26. The highest BCUT2D eigenvalue weighted by molar-refractivity contribution is 6.35. The maximum absolute atomic E-state index is 11.9. The van der Waals surface area contributed by atoms with Crippen molar-refractivity contribution < 1.29 is 4.79 Å². The summed E-state index contributed by atoms with van der Waals surface area (Å²) in [5.74, 6) is -0.0298. The van der Waals surface area contributed by atoms with Crippen molar-refractivity contribution in [2.45, 2.75) is 19.4 Å². The van der Waals surface area contributed by atoms with Crippen molar-refractivity contribution in [1.29, 1.82) is 0 Å². The van der Waals surface area contributed by atoms with Gasteiger partial charge in [-0.05, 0) is 36.6 Å². The van der Waals surface area contributed by atoms with Crippen molar-refractivity contribution in [3.05, 3.63) is 69.7 Å². The van der Waals surface area contributed by atoms with Crippen LogP contribution in [-0.4, -0.2) is 19.0 Å². The Morgan fingerprint density at radius 2 is 1.87 bits per heavy atom. The molecule has 3 nitrogen and oxygen atoms in total. The van der Waals surface area contributed by atoms with Crippen LogP contribution in [0.3, 0.4) is 0 Å². The van der Waals surface area contributed by atoms with E-state index < -0.39 is 0 Å². The maximum Gasteiger partial charge on any atom is 0.233 e. The number of hydrogen-bond acceptors (Lipinski definition) is 2. The van der Waals surface area contributed by atoms with E-state index in [-0.39, 0.29) is 18.5 Å². The lowest BCUT2D eigenvalue weighted by Gasteiger charge is -2.16. The van der Waals surface area contributed by atoms with Gasteiger partial charge in [0.1, 0.15) is 0 Å². The van der Waals surface area contributed by atoms with Gasteiger partial charge in [0.2, 0.25) is 5.91 Å². The SMILES string of the molecule is C[C@H](NCC(=O)NCCc1ccccc1)c1ccc(Cl)cc1Cl. The first-order chi connectivity index (χ1) is 11.1. The molecule has 0 aliphatic heterocycles. The molecule has 0 heterocycles. The summed E-state index contributed by atoms with van der Waals surface area (Å²) in [6, 6.07) is 15.4. The summed E-state index contributed by atoms with van der Waals surface area (Å²) in [5.41, 5.74) is 2.13. The number of benzene rings is 2. The Kier molecular flexibility index (Phi) is 6.90. The van der Waals surface area contributed by atoms with E-state index in [1.165, 1.54) is 5.56 Å². The van der Waals surface area contributed by atoms with E-state index in [9.17, 15) is 4.79 Å². The zero-order valence-corrected chi connectivity index (χ0v) is 14.5. The number of halogens is 2. The molecule has 5 heteroatoms. The van der Waals surface area contributed by atoms with Gasteiger partial charge in [-0.2, -0.15) is 0 Å². The van der Waals surface area contributed by atoms with Crippen LogP contribution in [0.5, 0.6) is 0 Å². The lowest BCUT2D eigenvalue weighted by Crippen LogP contribution is -2.36. The van der Waals surface area contributed by atoms with E-state index in [0.717, 1.165) is 12.0 Å². The highest BCUT2D eigenvalue weighted by Gasteiger charge is 2.11. The van der Waals surface area contributed by atoms with Crippen molar-refractivity contribution in [3.8, 4) is 0 Å². The van der Waals surface area contributed by atoms with Crippen LogP contribution in [0.1, 0.15) is 24.1 Å². The molecular weight excluding hydrogens is 331 g/mol. The Morgan fingerprint density at radius 3 is 2.57 bits per heavy atom. The predicted molar refractivity (Wildman–Crippen MR) is 96.0 cm³/mol. The maximum atomic E-state index is 11.9. The molecule has 0 spiro atoms. The summed E-state index contributed by atoms with van der Waals surface area (Å²) in [6.07, 6.45) is 0.825. The third kappa shape index (κ3) is 5.87. The van der Waals surface area contributed by atoms with Crippen LogP contribution in [0.2, 0.25) is 10.0 Å². The van der Waals surface area contributed by atoms with Crippen molar-refractivity contribution in [1.82, 2.24) is 10.6 Å². The van der Waals surface area contributed by atoms with Gasteiger partial charge in [-0.1, -0.05) is 59.6 Å². The summed E-state index contributed by atoms with van der Waals surface area (Å²) >= 11 is 12.1. The first kappa shape index (κ1) is 17.8. The Bertz CT molecular complexity index is 647. The average molecular weight is 351 g/mol. The highest BCUT2D eigenvalue weighted by Crippen LogP contribution is 2.25. The average Bonchev–Trinajstić information content (AvgIpc) is 2.53. The van der Waals surface area contributed by atoms with Crippen molar-refractivity contribution in [2.75, 3.05) is 13.1 Å². The van der Waals surface area contributed by atoms with Crippen molar-refractivity contribution in [2.24, 2.45) is 0 Å². The fourth-order valence-corrected chi connectivity index (χ4v) is 2.83. The first-order valence-corrected chi connectivity index (χ1v) is 8.31. The van der Waals surface area contributed by atoms with Crippen LogP contribution in [0, 0.1) is 0 Å². The van der Waals surface area contributed by atoms with Gasteiger partial charge in [-0.25, -0.2) is 0 Å². The summed E-state index contributed by atoms with van der Waals surface area (Å²) in [6.45, 7) is 2.84. The molecule has 0 radical (unpaired) electrons. The molecular formula is C18H20Cl2N2O. The van der Waals surface area contributed by atoms with Crippen LogP contribution >= 0.6 is 23.2 Å². The second kappa shape index (κ2) is 8.92. The first-order valence-electron chi connectivity index (χ1n) is 7.55. The third-order valence-electron chi connectivity index (χ3n) is 3.58. The quantitative estimate of drug-likeness (QED) is 0.792. The summed E-state index contributed by atoms with van der Waals surface area (Å²) in [7, 11) is 0. The van der Waals surface area contributed by atoms with Gasteiger partial charge in [-0.3, -0.25) is 4.79 Å². The largest absolute Gasteiger partial charge is 0.355 e. The molecule has 0 aliphatic rings. The molecule has 23 heavy (non-hydrogen) atoms. The van der Waals surface area contributed by atoms with E-state index in [2.05, 4.69) is 22.8 Å². The number of carbonyl (C=O) groups excluding carboxylic acids is 1. The molecule has 0 bridgehead atoms. The van der Waals surface area contributed by atoms with E-state index >= 15 is 0 Å². The number of carbonyl (C=O) groups is 1. The van der Waals surface area contributed by atoms with E-state index in [1.807, 2.05) is 31.2 Å². The van der Waals surface area contributed by atoms with Crippen LogP contribution in [0.4, 0.5) is 0 Å². The predicted octanol–water partition coefficient (Wildman–Crippen LogP) is 4.00. The number of hydrogen-bond donors (Lipinski definition) is 2. The molecule has 0 aliphatic carbocycles. The third-order valence-corrected chi connectivity index (χ3v) is 4.14. The molecule has 2 rings (SSSR count). The van der Waals surface area contributed by atoms with Gasteiger partial charge < -0.3 is 10.6 Å². The minimum atomic E-state index is -0.0298. The van der Waals surface area contributed by atoms with Gasteiger partial charge in [0.25, 0.3) is 0 Å². The number of rotatable bonds is 7. The van der Waals surface area contributed by atoms with Gasteiger partial charge in [0.05, 0.1) is 6.54 Å². The standard InChI is InChI=1S/C18H20Cl2N2O/c1-13(16-8-7-15(19)11-17(16)20)22-12-18(23)21-10-9-14-5-3-2-4-6-14/h2-8,11,13,22H,9-10,12H2,1H3,(H,21,23)/t13-/m0/s1. The Morgan fingerprint density at radius 1 is 1.13 bits per heavy atom. The van der Waals surface area contributed by atoms with Crippen molar-refractivity contribution >= 4 is 29.1 Å². The second-order valence-electron chi connectivity index (χ2n) is 5.35. The molecule has 1 atom stereocenters. The van der Waals surface area contributed by atoms with Crippen LogP contribution in [0.25, 0.3) is 0 Å². The topological polar surface area (TPSA) is 41.1 Å². The van der Waals surface area contributed by atoms with E-state index in [4.69, 9.17) is 23.2 Å². The molecule has 122 valence electrons. The zero-order chi connectivity index (χ0) is 16.7. The lowest BCUT2D eigenvalue weighted by atomic mass is 10.1. The van der Waals surface area contributed by atoms with E-state index in [1.54, 1.807) is 12.1 Å². The zero-order valence-electron chi connectivity index (χ0n) is 13.0. The lowest BCUT2D eigenvalue weighted by molar-refractivity contribution is -0.120.